The molecule has 16 heavy (non-hydrogen) atoms. The largest absolute Gasteiger partial charge is 0.298 e. The van der Waals surface area contributed by atoms with Gasteiger partial charge >= 0.3 is 0 Å². The molecular weight excluding hydrogens is 220 g/mol. The fourth-order valence-corrected chi connectivity index (χ4v) is 1.87. The molecule has 80 valence electrons. The Hall–Kier alpha value is -1.60. The Morgan fingerprint density at radius 1 is 1.12 bits per heavy atom. The first-order valence-electron chi connectivity index (χ1n) is 5.02. The van der Waals surface area contributed by atoms with Gasteiger partial charge in [-0.3, -0.25) is 4.79 Å². The highest BCUT2D eigenvalue weighted by molar-refractivity contribution is 6.30. The van der Waals surface area contributed by atoms with E-state index < -0.39 is 0 Å². The monoisotopic (exact) mass is 230 g/mol. The number of hydrogen-bond donors (Lipinski definition) is 0. The number of carbonyl (C=O) groups excluding carboxylic acids is 1. The number of aryl methyl sites for hydroxylation is 1. The van der Waals surface area contributed by atoms with Crippen LogP contribution in [0.1, 0.15) is 15.9 Å². The van der Waals surface area contributed by atoms with Gasteiger partial charge < -0.3 is 0 Å². The van der Waals surface area contributed by atoms with Crippen molar-refractivity contribution in [3.8, 4) is 11.1 Å². The van der Waals surface area contributed by atoms with E-state index in [0.29, 0.717) is 10.6 Å². The van der Waals surface area contributed by atoms with Gasteiger partial charge in [0.25, 0.3) is 0 Å². The van der Waals surface area contributed by atoms with Gasteiger partial charge in [0.2, 0.25) is 0 Å². The summed E-state index contributed by atoms with van der Waals surface area (Å²) in [6.45, 7) is 2.02. The first-order chi connectivity index (χ1) is 7.70. The van der Waals surface area contributed by atoms with Crippen molar-refractivity contribution >= 4 is 17.9 Å². The fraction of sp³-hybridized carbons (Fsp3) is 0.0714. The first-order valence-corrected chi connectivity index (χ1v) is 5.40. The molecule has 0 saturated carbocycles. The van der Waals surface area contributed by atoms with Crippen LogP contribution in [-0.2, 0) is 0 Å². The second-order valence-corrected chi connectivity index (χ2v) is 4.14. The predicted octanol–water partition coefficient (Wildman–Crippen LogP) is 4.13. The molecule has 0 unspecified atom stereocenters. The van der Waals surface area contributed by atoms with E-state index >= 15 is 0 Å². The van der Waals surface area contributed by atoms with E-state index in [1.54, 1.807) is 0 Å². The number of rotatable bonds is 2. The summed E-state index contributed by atoms with van der Waals surface area (Å²) >= 11 is 5.95. The molecule has 0 amide bonds. The third kappa shape index (κ3) is 2.15. The molecule has 0 N–H and O–H groups in total. The summed E-state index contributed by atoms with van der Waals surface area (Å²) in [5.74, 6) is 0. The number of benzene rings is 2. The topological polar surface area (TPSA) is 17.1 Å². The quantitative estimate of drug-likeness (QED) is 0.709. The molecule has 0 aliphatic rings. The van der Waals surface area contributed by atoms with E-state index in [0.717, 1.165) is 23.0 Å². The summed E-state index contributed by atoms with van der Waals surface area (Å²) in [7, 11) is 0. The van der Waals surface area contributed by atoms with Gasteiger partial charge in [0.05, 0.1) is 0 Å². The molecule has 0 aromatic heterocycles. The summed E-state index contributed by atoms with van der Waals surface area (Å²) in [6.07, 6.45) is 0.855. The molecule has 0 spiro atoms. The van der Waals surface area contributed by atoms with E-state index in [-0.39, 0.29) is 0 Å². The predicted molar refractivity (Wildman–Crippen MR) is 67.0 cm³/mol. The van der Waals surface area contributed by atoms with Crippen molar-refractivity contribution in [2.24, 2.45) is 0 Å². The van der Waals surface area contributed by atoms with Crippen LogP contribution in [0.15, 0.2) is 42.5 Å². The molecule has 2 aromatic rings. The van der Waals surface area contributed by atoms with Crippen LogP contribution in [0.4, 0.5) is 0 Å². The van der Waals surface area contributed by atoms with Crippen LogP contribution in [-0.4, -0.2) is 6.29 Å². The standard InChI is InChI=1S/C14H11ClO/c1-10-5-6-11(9-16)7-14(10)12-3-2-4-13(15)8-12/h2-9H,1H3. The zero-order chi connectivity index (χ0) is 11.5. The minimum Gasteiger partial charge on any atom is -0.298 e. The van der Waals surface area contributed by atoms with Crippen molar-refractivity contribution in [2.75, 3.05) is 0 Å². The third-order valence-corrected chi connectivity index (χ3v) is 2.77. The van der Waals surface area contributed by atoms with Crippen LogP contribution in [0.3, 0.4) is 0 Å². The summed E-state index contributed by atoms with van der Waals surface area (Å²) in [4.78, 5) is 10.7. The van der Waals surface area contributed by atoms with Gasteiger partial charge in [-0.05, 0) is 41.8 Å². The molecule has 2 aromatic carbocycles. The van der Waals surface area contributed by atoms with Crippen molar-refractivity contribution in [2.45, 2.75) is 6.92 Å². The van der Waals surface area contributed by atoms with Gasteiger partial charge in [0, 0.05) is 10.6 Å². The molecular formula is C14H11ClO. The van der Waals surface area contributed by atoms with E-state index in [4.69, 9.17) is 11.6 Å². The summed E-state index contributed by atoms with van der Waals surface area (Å²) in [6, 6.07) is 13.3. The average molecular weight is 231 g/mol. The normalized spacial score (nSPS) is 10.1. The van der Waals surface area contributed by atoms with Gasteiger partial charge in [-0.1, -0.05) is 35.9 Å². The maximum atomic E-state index is 10.7. The van der Waals surface area contributed by atoms with Gasteiger partial charge in [-0.15, -0.1) is 0 Å². The Bertz CT molecular complexity index is 532. The van der Waals surface area contributed by atoms with Gasteiger partial charge in [-0.25, -0.2) is 0 Å². The SMILES string of the molecule is Cc1ccc(C=O)cc1-c1cccc(Cl)c1. The zero-order valence-corrected chi connectivity index (χ0v) is 9.66. The number of hydrogen-bond acceptors (Lipinski definition) is 1. The Balaban J connectivity index is 2.58. The fourth-order valence-electron chi connectivity index (χ4n) is 1.68. The molecule has 2 heteroatoms. The molecule has 0 aliphatic carbocycles. The summed E-state index contributed by atoms with van der Waals surface area (Å²) in [5, 5.41) is 0.702. The van der Waals surface area contributed by atoms with Gasteiger partial charge in [0.1, 0.15) is 6.29 Å². The van der Waals surface area contributed by atoms with Crippen molar-refractivity contribution in [3.63, 3.8) is 0 Å². The van der Waals surface area contributed by atoms with Crippen LogP contribution >= 0.6 is 11.6 Å². The maximum absolute atomic E-state index is 10.7. The van der Waals surface area contributed by atoms with E-state index in [9.17, 15) is 4.79 Å². The van der Waals surface area contributed by atoms with E-state index in [2.05, 4.69) is 0 Å². The summed E-state index contributed by atoms with van der Waals surface area (Å²) in [5.41, 5.74) is 3.90. The number of carbonyl (C=O) groups is 1. The minimum atomic E-state index is 0.681. The molecule has 0 fully saturated rings. The molecule has 0 heterocycles. The highest BCUT2D eigenvalue weighted by Gasteiger charge is 2.03. The highest BCUT2D eigenvalue weighted by atomic mass is 35.5. The highest BCUT2D eigenvalue weighted by Crippen LogP contribution is 2.26. The van der Waals surface area contributed by atoms with Crippen molar-refractivity contribution in [1.29, 1.82) is 0 Å². The lowest BCUT2D eigenvalue weighted by Gasteiger charge is -2.07. The average Bonchev–Trinajstić information content (AvgIpc) is 2.30. The van der Waals surface area contributed by atoms with Crippen LogP contribution in [0.25, 0.3) is 11.1 Å². The van der Waals surface area contributed by atoms with Crippen LogP contribution < -0.4 is 0 Å². The number of aldehydes is 1. The van der Waals surface area contributed by atoms with E-state index in [1.165, 1.54) is 0 Å². The van der Waals surface area contributed by atoms with Gasteiger partial charge in [0.15, 0.2) is 0 Å². The Kier molecular flexibility index (Phi) is 3.07. The number of halogens is 1. The Morgan fingerprint density at radius 2 is 1.94 bits per heavy atom. The van der Waals surface area contributed by atoms with E-state index in [1.807, 2.05) is 49.4 Å². The smallest absolute Gasteiger partial charge is 0.150 e. The second-order valence-electron chi connectivity index (χ2n) is 3.70. The molecule has 1 nitrogen and oxygen atoms in total. The Morgan fingerprint density at radius 3 is 2.62 bits per heavy atom. The van der Waals surface area contributed by atoms with Crippen LogP contribution in [0.5, 0.6) is 0 Å². The Labute approximate surface area is 99.7 Å². The minimum absolute atomic E-state index is 0.681. The van der Waals surface area contributed by atoms with Crippen molar-refractivity contribution in [1.82, 2.24) is 0 Å². The van der Waals surface area contributed by atoms with Gasteiger partial charge in [-0.2, -0.15) is 0 Å². The lowest BCUT2D eigenvalue weighted by Crippen LogP contribution is -1.87. The van der Waals surface area contributed by atoms with Crippen LogP contribution in [0, 0.1) is 6.92 Å². The molecule has 0 aliphatic heterocycles. The molecule has 0 atom stereocenters. The lowest BCUT2D eigenvalue weighted by molar-refractivity contribution is 0.112. The molecule has 0 saturated heterocycles. The zero-order valence-electron chi connectivity index (χ0n) is 8.91. The molecule has 2 rings (SSSR count). The summed E-state index contributed by atoms with van der Waals surface area (Å²) < 4.78 is 0. The first kappa shape index (κ1) is 10.9. The maximum Gasteiger partial charge on any atom is 0.150 e. The second kappa shape index (κ2) is 4.50. The third-order valence-electron chi connectivity index (χ3n) is 2.53. The van der Waals surface area contributed by atoms with Crippen molar-refractivity contribution in [3.05, 3.63) is 58.6 Å². The van der Waals surface area contributed by atoms with Crippen molar-refractivity contribution < 1.29 is 4.79 Å². The van der Waals surface area contributed by atoms with Crippen LogP contribution in [0.2, 0.25) is 5.02 Å². The molecule has 0 bridgehead atoms. The molecule has 0 radical (unpaired) electrons. The lowest BCUT2D eigenvalue weighted by atomic mass is 9.98.